The molecule has 0 aromatic heterocycles. The van der Waals surface area contributed by atoms with Crippen molar-refractivity contribution < 1.29 is 0 Å². The molecule has 0 fully saturated rings. The van der Waals surface area contributed by atoms with Gasteiger partial charge in [-0.15, -0.1) is 0 Å². The standard InChI is InChI=1S/C14H19N/c1-5-12(4)14-9-8-13(10-15-14)7-6-11(2)3/h6-9,15H,2,4-5,10H2,1,3H3/b7-6+. The van der Waals surface area contributed by atoms with Gasteiger partial charge >= 0.3 is 0 Å². The quantitative estimate of drug-likeness (QED) is 0.686. The Morgan fingerprint density at radius 2 is 2.20 bits per heavy atom. The average molecular weight is 201 g/mol. The van der Waals surface area contributed by atoms with E-state index in [1.807, 2.05) is 13.0 Å². The maximum absolute atomic E-state index is 4.00. The van der Waals surface area contributed by atoms with E-state index < -0.39 is 0 Å². The van der Waals surface area contributed by atoms with Crippen molar-refractivity contribution in [3.63, 3.8) is 0 Å². The molecule has 0 unspecified atom stereocenters. The van der Waals surface area contributed by atoms with Gasteiger partial charge in [-0.25, -0.2) is 0 Å². The van der Waals surface area contributed by atoms with Crippen molar-refractivity contribution >= 4 is 0 Å². The Morgan fingerprint density at radius 1 is 1.47 bits per heavy atom. The summed E-state index contributed by atoms with van der Waals surface area (Å²) in [6.45, 7) is 12.8. The van der Waals surface area contributed by atoms with Gasteiger partial charge < -0.3 is 5.32 Å². The van der Waals surface area contributed by atoms with Crippen LogP contribution in [0.4, 0.5) is 0 Å². The van der Waals surface area contributed by atoms with E-state index in [-0.39, 0.29) is 0 Å². The number of rotatable bonds is 4. The van der Waals surface area contributed by atoms with Gasteiger partial charge in [0.1, 0.15) is 0 Å². The summed E-state index contributed by atoms with van der Waals surface area (Å²) >= 11 is 0. The lowest BCUT2D eigenvalue weighted by molar-refractivity contribution is 0.859. The second-order valence-corrected chi connectivity index (χ2v) is 3.81. The molecule has 0 radical (unpaired) electrons. The summed E-state index contributed by atoms with van der Waals surface area (Å²) in [6.07, 6.45) is 9.33. The first-order chi connectivity index (χ1) is 7.13. The minimum Gasteiger partial charge on any atom is -0.381 e. The fourth-order valence-corrected chi connectivity index (χ4v) is 1.30. The molecule has 0 aromatic rings. The first-order valence-corrected chi connectivity index (χ1v) is 5.30. The molecule has 80 valence electrons. The third-order valence-electron chi connectivity index (χ3n) is 2.34. The molecule has 15 heavy (non-hydrogen) atoms. The number of allylic oxidation sites excluding steroid dienone is 5. The van der Waals surface area contributed by atoms with Crippen molar-refractivity contribution in [3.05, 3.63) is 59.9 Å². The smallest absolute Gasteiger partial charge is 0.0400 e. The molecule has 0 bridgehead atoms. The molecular formula is C14H19N. The summed E-state index contributed by atoms with van der Waals surface area (Å²) in [5.41, 5.74) is 4.66. The summed E-state index contributed by atoms with van der Waals surface area (Å²) < 4.78 is 0. The van der Waals surface area contributed by atoms with Gasteiger partial charge in [0.25, 0.3) is 0 Å². The highest BCUT2D eigenvalue weighted by Crippen LogP contribution is 2.14. The zero-order valence-corrected chi connectivity index (χ0v) is 9.64. The Morgan fingerprint density at radius 3 is 2.67 bits per heavy atom. The van der Waals surface area contributed by atoms with E-state index >= 15 is 0 Å². The molecule has 1 nitrogen and oxygen atoms in total. The van der Waals surface area contributed by atoms with Gasteiger partial charge in [0.2, 0.25) is 0 Å². The zero-order valence-electron chi connectivity index (χ0n) is 9.64. The van der Waals surface area contributed by atoms with Crippen molar-refractivity contribution in [1.82, 2.24) is 5.32 Å². The largest absolute Gasteiger partial charge is 0.381 e. The SMILES string of the molecule is C=C(C)/C=C/C1=CC=C(C(=C)CC)NC1. The number of hydrogen-bond acceptors (Lipinski definition) is 1. The maximum Gasteiger partial charge on any atom is 0.0400 e. The van der Waals surface area contributed by atoms with E-state index in [0.717, 1.165) is 29.8 Å². The summed E-state index contributed by atoms with van der Waals surface area (Å²) in [5.74, 6) is 0. The van der Waals surface area contributed by atoms with E-state index in [0.29, 0.717) is 0 Å². The van der Waals surface area contributed by atoms with E-state index in [9.17, 15) is 0 Å². The van der Waals surface area contributed by atoms with Crippen LogP contribution in [-0.2, 0) is 0 Å². The highest BCUT2D eigenvalue weighted by molar-refractivity contribution is 5.39. The third-order valence-corrected chi connectivity index (χ3v) is 2.34. The van der Waals surface area contributed by atoms with Crippen LogP contribution in [0.15, 0.2) is 59.9 Å². The van der Waals surface area contributed by atoms with E-state index in [1.54, 1.807) is 0 Å². The van der Waals surface area contributed by atoms with Crippen molar-refractivity contribution in [2.75, 3.05) is 6.54 Å². The molecule has 0 amide bonds. The number of dihydropyridines is 1. The van der Waals surface area contributed by atoms with Crippen LogP contribution in [0.1, 0.15) is 20.3 Å². The molecule has 1 aliphatic heterocycles. The van der Waals surface area contributed by atoms with Crippen LogP contribution in [0.3, 0.4) is 0 Å². The summed E-state index contributed by atoms with van der Waals surface area (Å²) in [5, 5.41) is 3.36. The highest BCUT2D eigenvalue weighted by Gasteiger charge is 2.04. The van der Waals surface area contributed by atoms with Gasteiger partial charge in [-0.2, -0.15) is 0 Å². The number of nitrogens with one attached hydrogen (secondary N) is 1. The van der Waals surface area contributed by atoms with Crippen LogP contribution in [-0.4, -0.2) is 6.54 Å². The first kappa shape index (κ1) is 11.6. The zero-order chi connectivity index (χ0) is 11.3. The summed E-state index contributed by atoms with van der Waals surface area (Å²) in [4.78, 5) is 0. The predicted molar refractivity (Wildman–Crippen MR) is 67.6 cm³/mol. The molecule has 1 rings (SSSR count). The van der Waals surface area contributed by atoms with Crippen molar-refractivity contribution in [2.24, 2.45) is 0 Å². The molecule has 0 saturated carbocycles. The third kappa shape index (κ3) is 3.62. The van der Waals surface area contributed by atoms with Crippen LogP contribution < -0.4 is 5.32 Å². The van der Waals surface area contributed by atoms with Gasteiger partial charge in [-0.3, -0.25) is 0 Å². The predicted octanol–water partition coefficient (Wildman–Crippen LogP) is 3.50. The molecule has 0 atom stereocenters. The van der Waals surface area contributed by atoms with Crippen molar-refractivity contribution in [1.29, 1.82) is 0 Å². The van der Waals surface area contributed by atoms with Crippen molar-refractivity contribution in [2.45, 2.75) is 20.3 Å². The molecule has 0 spiro atoms. The minimum absolute atomic E-state index is 0.870. The Balaban J connectivity index is 2.68. The molecule has 1 heteroatoms. The summed E-state index contributed by atoms with van der Waals surface area (Å²) in [6, 6.07) is 0. The Bertz CT molecular complexity index is 354. The Labute approximate surface area is 92.6 Å². The van der Waals surface area contributed by atoms with Crippen LogP contribution in [0.2, 0.25) is 0 Å². The molecule has 1 heterocycles. The highest BCUT2D eigenvalue weighted by atomic mass is 14.9. The molecule has 1 N–H and O–H groups in total. The van der Waals surface area contributed by atoms with E-state index in [2.05, 4.69) is 43.6 Å². The monoisotopic (exact) mass is 201 g/mol. The van der Waals surface area contributed by atoms with Crippen molar-refractivity contribution in [3.8, 4) is 0 Å². The fraction of sp³-hybridized carbons (Fsp3) is 0.286. The van der Waals surface area contributed by atoms with Gasteiger partial charge in [0.05, 0.1) is 0 Å². The Hall–Kier alpha value is -1.50. The van der Waals surface area contributed by atoms with Crippen LogP contribution in [0.25, 0.3) is 0 Å². The first-order valence-electron chi connectivity index (χ1n) is 5.30. The molecular weight excluding hydrogens is 182 g/mol. The van der Waals surface area contributed by atoms with E-state index in [1.165, 1.54) is 5.57 Å². The molecule has 0 saturated heterocycles. The van der Waals surface area contributed by atoms with Gasteiger partial charge in [0, 0.05) is 12.2 Å². The van der Waals surface area contributed by atoms with E-state index in [4.69, 9.17) is 0 Å². The lowest BCUT2D eigenvalue weighted by Gasteiger charge is -2.16. The van der Waals surface area contributed by atoms with Gasteiger partial charge in [-0.1, -0.05) is 43.9 Å². The lowest BCUT2D eigenvalue weighted by atomic mass is 10.1. The van der Waals surface area contributed by atoms with Gasteiger partial charge in [-0.05, 0) is 30.6 Å². The number of hydrogen-bond donors (Lipinski definition) is 1. The topological polar surface area (TPSA) is 12.0 Å². The molecule has 1 aliphatic rings. The van der Waals surface area contributed by atoms with Crippen LogP contribution in [0.5, 0.6) is 0 Å². The van der Waals surface area contributed by atoms with Crippen LogP contribution in [0, 0.1) is 0 Å². The fourth-order valence-electron chi connectivity index (χ4n) is 1.30. The average Bonchev–Trinajstić information content (AvgIpc) is 2.26. The molecule has 0 aliphatic carbocycles. The second kappa shape index (κ2) is 5.40. The maximum atomic E-state index is 4.00. The van der Waals surface area contributed by atoms with Crippen LogP contribution >= 0.6 is 0 Å². The van der Waals surface area contributed by atoms with Gasteiger partial charge in [0.15, 0.2) is 0 Å². The summed E-state index contributed by atoms with van der Waals surface area (Å²) in [7, 11) is 0. The molecule has 0 aromatic carbocycles. The normalized spacial score (nSPS) is 15.6. The Kier molecular flexibility index (Phi) is 4.17. The second-order valence-electron chi connectivity index (χ2n) is 3.81. The minimum atomic E-state index is 0.870. The lowest BCUT2D eigenvalue weighted by Crippen LogP contribution is -2.19.